The van der Waals surface area contributed by atoms with Gasteiger partial charge < -0.3 is 5.32 Å². The Labute approximate surface area is 129 Å². The first-order valence-electron chi connectivity index (χ1n) is 7.00. The van der Waals surface area contributed by atoms with Gasteiger partial charge in [-0.1, -0.05) is 12.1 Å². The van der Waals surface area contributed by atoms with Crippen LogP contribution in [0.1, 0.15) is 31.0 Å². The number of hydrogen-bond donors (Lipinski definition) is 2. The minimum atomic E-state index is -4.42. The van der Waals surface area contributed by atoms with E-state index in [2.05, 4.69) is 10.3 Å². The van der Waals surface area contributed by atoms with Crippen molar-refractivity contribution in [3.8, 4) is 0 Å². The lowest BCUT2D eigenvalue weighted by Gasteiger charge is -2.17. The molecule has 0 bridgehead atoms. The van der Waals surface area contributed by atoms with Gasteiger partial charge >= 0.3 is 11.9 Å². The lowest BCUT2D eigenvalue weighted by Crippen LogP contribution is -2.34. The molecule has 0 amide bonds. The summed E-state index contributed by atoms with van der Waals surface area (Å²) >= 11 is 0. The molecule has 0 radical (unpaired) electrons. The maximum Gasteiger partial charge on any atom is 0.416 e. The first kappa shape index (κ1) is 16.9. The van der Waals surface area contributed by atoms with Crippen molar-refractivity contribution in [2.24, 2.45) is 0 Å². The van der Waals surface area contributed by atoms with E-state index in [-0.39, 0.29) is 12.4 Å². The summed E-state index contributed by atoms with van der Waals surface area (Å²) in [6, 6.07) is 5.55. The molecule has 1 heterocycles. The molecule has 0 fully saturated rings. The average Bonchev–Trinajstić information content (AvgIpc) is 2.46. The molecule has 0 saturated carbocycles. The summed E-state index contributed by atoms with van der Waals surface area (Å²) in [5, 5.41) is 2.83. The van der Waals surface area contributed by atoms with Gasteiger partial charge in [-0.05, 0) is 31.5 Å². The van der Waals surface area contributed by atoms with E-state index >= 15 is 0 Å². The third-order valence-electron chi connectivity index (χ3n) is 3.42. The summed E-state index contributed by atoms with van der Waals surface area (Å²) in [6.07, 6.45) is -4.42. The Morgan fingerprint density at radius 2 is 1.96 bits per heavy atom. The second-order valence-corrected chi connectivity index (χ2v) is 5.06. The molecule has 8 heteroatoms. The van der Waals surface area contributed by atoms with E-state index in [1.165, 1.54) is 18.2 Å². The minimum absolute atomic E-state index is 0.162. The highest BCUT2D eigenvalue weighted by Crippen LogP contribution is 2.31. The molecule has 2 rings (SSSR count). The maximum atomic E-state index is 12.7. The Kier molecular flexibility index (Phi) is 4.63. The van der Waals surface area contributed by atoms with Crippen molar-refractivity contribution in [2.45, 2.75) is 32.6 Å². The van der Waals surface area contributed by atoms with Gasteiger partial charge in [0.25, 0.3) is 5.56 Å². The van der Waals surface area contributed by atoms with Gasteiger partial charge in [-0.25, -0.2) is 4.79 Å². The molecule has 0 aliphatic rings. The van der Waals surface area contributed by atoms with Gasteiger partial charge in [-0.2, -0.15) is 13.2 Å². The van der Waals surface area contributed by atoms with Crippen molar-refractivity contribution in [1.29, 1.82) is 0 Å². The zero-order valence-corrected chi connectivity index (χ0v) is 12.6. The van der Waals surface area contributed by atoms with E-state index in [1.807, 2.05) is 0 Å². The number of halogens is 3. The average molecular weight is 327 g/mol. The van der Waals surface area contributed by atoms with Crippen LogP contribution in [0.2, 0.25) is 0 Å². The molecule has 23 heavy (non-hydrogen) atoms. The molecule has 124 valence electrons. The summed E-state index contributed by atoms with van der Waals surface area (Å²) in [6.45, 7) is 3.53. The number of alkyl halides is 3. The molecule has 0 saturated heterocycles. The Hall–Kier alpha value is -2.51. The quantitative estimate of drug-likeness (QED) is 0.907. The molecule has 0 spiro atoms. The number of nitrogens with zero attached hydrogens (tertiary/aromatic N) is 1. The van der Waals surface area contributed by atoms with Crippen LogP contribution in [0.25, 0.3) is 0 Å². The van der Waals surface area contributed by atoms with Crippen molar-refractivity contribution in [3.05, 3.63) is 62.3 Å². The van der Waals surface area contributed by atoms with E-state index in [1.54, 1.807) is 13.8 Å². The summed E-state index contributed by atoms with van der Waals surface area (Å²) in [5.74, 6) is 0.162. The zero-order valence-electron chi connectivity index (χ0n) is 12.6. The molecule has 1 aromatic heterocycles. The number of aromatic nitrogens is 2. The van der Waals surface area contributed by atoms with Crippen molar-refractivity contribution >= 4 is 5.82 Å². The van der Waals surface area contributed by atoms with E-state index < -0.39 is 29.0 Å². The molecule has 2 aromatic rings. The first-order chi connectivity index (χ1) is 10.7. The van der Waals surface area contributed by atoms with Crippen LogP contribution in [-0.2, 0) is 12.7 Å². The van der Waals surface area contributed by atoms with E-state index in [4.69, 9.17) is 0 Å². The number of nitrogens with one attached hydrogen (secondary N) is 2. The molecule has 5 nitrogen and oxygen atoms in total. The highest BCUT2D eigenvalue weighted by molar-refractivity contribution is 5.38. The lowest BCUT2D eigenvalue weighted by molar-refractivity contribution is -0.137. The Bertz CT molecular complexity index is 777. The number of benzene rings is 1. The van der Waals surface area contributed by atoms with Crippen molar-refractivity contribution in [2.75, 3.05) is 5.32 Å². The van der Waals surface area contributed by atoms with E-state index in [9.17, 15) is 22.8 Å². The Morgan fingerprint density at radius 1 is 1.26 bits per heavy atom. The predicted molar refractivity (Wildman–Crippen MR) is 80.5 cm³/mol. The maximum absolute atomic E-state index is 12.7. The lowest BCUT2D eigenvalue weighted by atomic mass is 10.0. The minimum Gasteiger partial charge on any atom is -0.365 e. The van der Waals surface area contributed by atoms with Crippen LogP contribution in [0.3, 0.4) is 0 Å². The Balaban J connectivity index is 2.28. The van der Waals surface area contributed by atoms with Crippen molar-refractivity contribution in [3.63, 3.8) is 0 Å². The summed E-state index contributed by atoms with van der Waals surface area (Å²) in [7, 11) is 0. The zero-order chi connectivity index (χ0) is 17.2. The number of H-pyrrole nitrogens is 1. The molecule has 0 aliphatic heterocycles. The molecular formula is C15H16F3N3O2. The summed E-state index contributed by atoms with van der Waals surface area (Å²) in [5.41, 5.74) is -1.41. The fourth-order valence-electron chi connectivity index (χ4n) is 2.20. The fraction of sp³-hybridized carbons (Fsp3) is 0.333. The van der Waals surface area contributed by atoms with Crippen LogP contribution < -0.4 is 16.6 Å². The molecule has 1 aromatic carbocycles. The smallest absolute Gasteiger partial charge is 0.365 e. The fourth-order valence-corrected chi connectivity index (χ4v) is 2.20. The van der Waals surface area contributed by atoms with Gasteiger partial charge in [0, 0.05) is 18.7 Å². The highest BCUT2D eigenvalue weighted by Gasteiger charge is 2.30. The number of anilines is 1. The second kappa shape index (κ2) is 6.31. The summed E-state index contributed by atoms with van der Waals surface area (Å²) in [4.78, 5) is 26.0. The van der Waals surface area contributed by atoms with Crippen LogP contribution in [0.5, 0.6) is 0 Å². The van der Waals surface area contributed by atoms with Gasteiger partial charge in [0.05, 0.1) is 5.56 Å². The third-order valence-corrected chi connectivity index (χ3v) is 3.42. The van der Waals surface area contributed by atoms with Crippen molar-refractivity contribution < 1.29 is 13.2 Å². The summed E-state index contributed by atoms with van der Waals surface area (Å²) < 4.78 is 39.2. The molecule has 1 atom stereocenters. The molecule has 2 N–H and O–H groups in total. The Morgan fingerprint density at radius 3 is 2.52 bits per heavy atom. The SMILES string of the molecule is CCn1c(=O)cc(N[C@@H](C)c2cccc(C(F)(F)F)c2)[nH]c1=O. The van der Waals surface area contributed by atoms with Crippen LogP contribution in [0.4, 0.5) is 19.0 Å². The normalized spacial score (nSPS) is 12.9. The van der Waals surface area contributed by atoms with E-state index in [0.29, 0.717) is 5.56 Å². The third kappa shape index (κ3) is 3.82. The largest absolute Gasteiger partial charge is 0.416 e. The highest BCUT2D eigenvalue weighted by atomic mass is 19.4. The topological polar surface area (TPSA) is 66.9 Å². The van der Waals surface area contributed by atoms with Crippen LogP contribution in [0, 0.1) is 0 Å². The monoisotopic (exact) mass is 327 g/mol. The van der Waals surface area contributed by atoms with Gasteiger partial charge in [0.15, 0.2) is 0 Å². The van der Waals surface area contributed by atoms with Crippen LogP contribution in [0.15, 0.2) is 39.9 Å². The second-order valence-electron chi connectivity index (χ2n) is 5.06. The molecular weight excluding hydrogens is 311 g/mol. The molecule has 0 aliphatic carbocycles. The number of hydrogen-bond acceptors (Lipinski definition) is 3. The molecule has 0 unspecified atom stereocenters. The van der Waals surface area contributed by atoms with Gasteiger partial charge in [-0.3, -0.25) is 14.3 Å². The van der Waals surface area contributed by atoms with Crippen LogP contribution >= 0.6 is 0 Å². The number of aromatic amines is 1. The standard InChI is InChI=1S/C15H16F3N3O2/c1-3-21-13(22)8-12(20-14(21)23)19-9(2)10-5-4-6-11(7-10)15(16,17)18/h4-9,19H,3H2,1-2H3,(H,20,23)/t9-/m0/s1. The number of rotatable bonds is 4. The first-order valence-corrected chi connectivity index (χ1v) is 7.00. The van der Waals surface area contributed by atoms with Crippen LogP contribution in [-0.4, -0.2) is 9.55 Å². The van der Waals surface area contributed by atoms with Gasteiger partial charge in [0.1, 0.15) is 5.82 Å². The predicted octanol–water partition coefficient (Wildman–Crippen LogP) is 2.75. The van der Waals surface area contributed by atoms with E-state index in [0.717, 1.165) is 16.7 Å². The van der Waals surface area contributed by atoms with Gasteiger partial charge in [0.2, 0.25) is 0 Å². The van der Waals surface area contributed by atoms with Crippen molar-refractivity contribution in [1.82, 2.24) is 9.55 Å². The van der Waals surface area contributed by atoms with Gasteiger partial charge in [-0.15, -0.1) is 0 Å².